The van der Waals surface area contributed by atoms with Gasteiger partial charge in [-0.1, -0.05) is 48.3 Å². The van der Waals surface area contributed by atoms with Crippen molar-refractivity contribution in [3.8, 4) is 0 Å². The molecule has 6 heteroatoms. The van der Waals surface area contributed by atoms with Crippen molar-refractivity contribution in [2.75, 3.05) is 7.11 Å². The smallest absolute Gasteiger partial charge is 0.330 e. The predicted molar refractivity (Wildman–Crippen MR) is 106 cm³/mol. The highest BCUT2D eigenvalue weighted by atomic mass is 35.5. The number of esters is 1. The van der Waals surface area contributed by atoms with Crippen LogP contribution in [0.5, 0.6) is 0 Å². The van der Waals surface area contributed by atoms with Crippen LogP contribution in [-0.4, -0.2) is 22.9 Å². The van der Waals surface area contributed by atoms with Gasteiger partial charge in [0.1, 0.15) is 0 Å². The highest BCUT2D eigenvalue weighted by Gasteiger charge is 2.13. The van der Waals surface area contributed by atoms with Gasteiger partial charge in [0.15, 0.2) is 0 Å². The zero-order valence-electron chi connectivity index (χ0n) is 14.5. The number of carbonyl (C=O) groups excluding carboxylic acids is 1. The Labute approximate surface area is 162 Å². The van der Waals surface area contributed by atoms with Gasteiger partial charge in [-0.05, 0) is 36.3 Å². The van der Waals surface area contributed by atoms with Gasteiger partial charge in [0.25, 0.3) is 0 Å². The minimum absolute atomic E-state index is 0.393. The minimum Gasteiger partial charge on any atom is -0.466 e. The van der Waals surface area contributed by atoms with Crippen LogP contribution in [0.2, 0.25) is 10.0 Å². The molecule has 0 bridgehead atoms. The van der Waals surface area contributed by atoms with E-state index in [0.29, 0.717) is 16.6 Å². The standard InChI is InChI=1S/C20H18Cl2N2O2/c1-3-18-14-9-7-13(8-10-20(25)26-2)11-19(14)24(23-18)12-15-16(21)5-4-6-17(15)22/h4-11H,3,12H2,1-2H3/b10-8+. The van der Waals surface area contributed by atoms with Gasteiger partial charge in [-0.25, -0.2) is 4.79 Å². The summed E-state index contributed by atoms with van der Waals surface area (Å²) in [5, 5.41) is 7.02. The third-order valence-electron chi connectivity index (χ3n) is 4.17. The van der Waals surface area contributed by atoms with E-state index in [9.17, 15) is 4.79 Å². The number of carbonyl (C=O) groups is 1. The normalized spacial score (nSPS) is 11.4. The zero-order chi connectivity index (χ0) is 18.7. The molecule has 2 aromatic carbocycles. The van der Waals surface area contributed by atoms with Crippen LogP contribution in [0.25, 0.3) is 17.0 Å². The van der Waals surface area contributed by atoms with Crippen molar-refractivity contribution in [3.63, 3.8) is 0 Å². The summed E-state index contributed by atoms with van der Waals surface area (Å²) in [6.07, 6.45) is 3.93. The van der Waals surface area contributed by atoms with Gasteiger partial charge in [-0.15, -0.1) is 0 Å². The topological polar surface area (TPSA) is 44.1 Å². The Morgan fingerprint density at radius 1 is 1.23 bits per heavy atom. The molecule has 0 atom stereocenters. The van der Waals surface area contributed by atoms with Crippen LogP contribution in [0.1, 0.15) is 23.7 Å². The molecule has 4 nitrogen and oxygen atoms in total. The van der Waals surface area contributed by atoms with E-state index in [2.05, 4.69) is 11.7 Å². The lowest BCUT2D eigenvalue weighted by Gasteiger charge is -2.08. The van der Waals surface area contributed by atoms with Crippen LogP contribution >= 0.6 is 23.2 Å². The number of methoxy groups -OCH3 is 1. The SMILES string of the molecule is CCc1nn(Cc2c(Cl)cccc2Cl)c2cc(/C=C/C(=O)OC)ccc12. The van der Waals surface area contributed by atoms with E-state index >= 15 is 0 Å². The Morgan fingerprint density at radius 3 is 2.62 bits per heavy atom. The van der Waals surface area contributed by atoms with E-state index in [1.165, 1.54) is 13.2 Å². The van der Waals surface area contributed by atoms with Crippen molar-refractivity contribution in [1.82, 2.24) is 9.78 Å². The van der Waals surface area contributed by atoms with Gasteiger partial charge >= 0.3 is 5.97 Å². The molecule has 0 aliphatic heterocycles. The Kier molecular flexibility index (Phi) is 5.64. The summed E-state index contributed by atoms with van der Waals surface area (Å²) in [6.45, 7) is 2.54. The number of nitrogens with zero attached hydrogens (tertiary/aromatic N) is 2. The molecule has 1 heterocycles. The number of rotatable bonds is 5. The molecule has 0 saturated carbocycles. The van der Waals surface area contributed by atoms with E-state index < -0.39 is 5.97 Å². The first kappa shape index (κ1) is 18.5. The van der Waals surface area contributed by atoms with Crippen molar-refractivity contribution in [3.05, 3.63) is 69.3 Å². The fourth-order valence-electron chi connectivity index (χ4n) is 2.81. The second kappa shape index (κ2) is 7.94. The molecule has 0 N–H and O–H groups in total. The number of aromatic nitrogens is 2. The monoisotopic (exact) mass is 388 g/mol. The fourth-order valence-corrected chi connectivity index (χ4v) is 3.33. The summed E-state index contributed by atoms with van der Waals surface area (Å²) in [6, 6.07) is 11.4. The maximum absolute atomic E-state index is 11.3. The summed E-state index contributed by atoms with van der Waals surface area (Å²) in [5.41, 5.74) is 3.69. The Hall–Kier alpha value is -2.30. The van der Waals surface area contributed by atoms with Gasteiger partial charge in [0.05, 0.1) is 24.9 Å². The van der Waals surface area contributed by atoms with Crippen LogP contribution < -0.4 is 0 Å². The molecule has 0 fully saturated rings. The van der Waals surface area contributed by atoms with Gasteiger partial charge in [0, 0.05) is 27.1 Å². The second-order valence-electron chi connectivity index (χ2n) is 5.79. The Bertz CT molecular complexity index is 973. The third-order valence-corrected chi connectivity index (χ3v) is 4.88. The van der Waals surface area contributed by atoms with Crippen LogP contribution in [0.15, 0.2) is 42.5 Å². The molecule has 0 saturated heterocycles. The van der Waals surface area contributed by atoms with E-state index in [1.54, 1.807) is 6.08 Å². The first-order valence-electron chi connectivity index (χ1n) is 8.21. The molecule has 0 amide bonds. The molecule has 0 radical (unpaired) electrons. The highest BCUT2D eigenvalue weighted by Crippen LogP contribution is 2.28. The number of halogens is 2. The summed E-state index contributed by atoms with van der Waals surface area (Å²) in [7, 11) is 1.35. The quantitative estimate of drug-likeness (QED) is 0.448. The molecular weight excluding hydrogens is 371 g/mol. The predicted octanol–water partition coefficient (Wildman–Crippen LogP) is 5.14. The first-order valence-corrected chi connectivity index (χ1v) is 8.97. The van der Waals surface area contributed by atoms with E-state index in [0.717, 1.165) is 34.1 Å². The third kappa shape index (κ3) is 3.76. The van der Waals surface area contributed by atoms with E-state index in [4.69, 9.17) is 28.3 Å². The average Bonchev–Trinajstić information content (AvgIpc) is 3.00. The van der Waals surface area contributed by atoms with Crippen LogP contribution in [0.4, 0.5) is 0 Å². The molecule has 0 aliphatic rings. The van der Waals surface area contributed by atoms with Crippen LogP contribution in [0, 0.1) is 0 Å². The van der Waals surface area contributed by atoms with Crippen LogP contribution in [0.3, 0.4) is 0 Å². The molecular formula is C20H18Cl2N2O2. The lowest BCUT2D eigenvalue weighted by atomic mass is 10.1. The number of hydrogen-bond donors (Lipinski definition) is 0. The number of aryl methyl sites for hydroxylation is 1. The molecule has 3 rings (SSSR count). The summed E-state index contributed by atoms with van der Waals surface area (Å²) in [5.74, 6) is -0.393. The fraction of sp³-hybridized carbons (Fsp3) is 0.200. The Morgan fingerprint density at radius 2 is 1.96 bits per heavy atom. The summed E-state index contributed by atoms with van der Waals surface area (Å²) in [4.78, 5) is 11.3. The first-order chi connectivity index (χ1) is 12.5. The van der Waals surface area contributed by atoms with Crippen LogP contribution in [-0.2, 0) is 22.5 Å². The number of benzene rings is 2. The molecule has 134 valence electrons. The highest BCUT2D eigenvalue weighted by molar-refractivity contribution is 6.36. The lowest BCUT2D eigenvalue weighted by molar-refractivity contribution is -0.134. The molecule has 0 aliphatic carbocycles. The Balaban J connectivity index is 2.06. The van der Waals surface area contributed by atoms with Gasteiger partial charge < -0.3 is 4.74 Å². The largest absolute Gasteiger partial charge is 0.466 e. The van der Waals surface area contributed by atoms with Crippen molar-refractivity contribution in [1.29, 1.82) is 0 Å². The molecule has 3 aromatic rings. The molecule has 0 unspecified atom stereocenters. The van der Waals surface area contributed by atoms with Gasteiger partial charge in [-0.3, -0.25) is 4.68 Å². The molecule has 0 spiro atoms. The maximum atomic E-state index is 11.3. The summed E-state index contributed by atoms with van der Waals surface area (Å²) < 4.78 is 6.54. The van der Waals surface area contributed by atoms with Crippen molar-refractivity contribution >= 4 is 46.2 Å². The second-order valence-corrected chi connectivity index (χ2v) is 6.61. The molecule has 1 aromatic heterocycles. The van der Waals surface area contributed by atoms with E-state index in [-0.39, 0.29) is 0 Å². The van der Waals surface area contributed by atoms with Crippen molar-refractivity contribution < 1.29 is 9.53 Å². The van der Waals surface area contributed by atoms with Gasteiger partial charge in [-0.2, -0.15) is 5.10 Å². The summed E-state index contributed by atoms with van der Waals surface area (Å²) >= 11 is 12.6. The average molecular weight is 389 g/mol. The molecule has 26 heavy (non-hydrogen) atoms. The lowest BCUT2D eigenvalue weighted by Crippen LogP contribution is -2.03. The number of ether oxygens (including phenoxy) is 1. The number of fused-ring (bicyclic) bond motifs is 1. The van der Waals surface area contributed by atoms with E-state index in [1.807, 2.05) is 41.1 Å². The van der Waals surface area contributed by atoms with Gasteiger partial charge in [0.2, 0.25) is 0 Å². The van der Waals surface area contributed by atoms with Crippen molar-refractivity contribution in [2.24, 2.45) is 0 Å². The minimum atomic E-state index is -0.393. The maximum Gasteiger partial charge on any atom is 0.330 e. The van der Waals surface area contributed by atoms with Crippen molar-refractivity contribution in [2.45, 2.75) is 19.9 Å². The zero-order valence-corrected chi connectivity index (χ0v) is 16.0. The number of hydrogen-bond acceptors (Lipinski definition) is 3.